The maximum Gasteiger partial charge on any atom is 0.234 e. The van der Waals surface area contributed by atoms with E-state index in [1.807, 2.05) is 38.1 Å². The van der Waals surface area contributed by atoms with E-state index in [0.717, 1.165) is 34.7 Å². The zero-order valence-electron chi connectivity index (χ0n) is 10.5. The fourth-order valence-electron chi connectivity index (χ4n) is 2.84. The standard InChI is InChI=1S/C16H14O2/c1-3-9-5-7-11-8-6-10(4-2)14-12(11)13(9)15(17)16(14)18/h5-8H,3-4H2,1-2H3. The van der Waals surface area contributed by atoms with E-state index >= 15 is 0 Å². The molecule has 1 aliphatic carbocycles. The van der Waals surface area contributed by atoms with Gasteiger partial charge in [-0.3, -0.25) is 9.59 Å². The van der Waals surface area contributed by atoms with Crippen molar-refractivity contribution in [2.24, 2.45) is 0 Å². The summed E-state index contributed by atoms with van der Waals surface area (Å²) in [5.74, 6) is -0.651. The minimum atomic E-state index is -0.326. The summed E-state index contributed by atoms with van der Waals surface area (Å²) in [4.78, 5) is 24.4. The summed E-state index contributed by atoms with van der Waals surface area (Å²) < 4.78 is 0. The fourth-order valence-corrected chi connectivity index (χ4v) is 2.84. The topological polar surface area (TPSA) is 34.1 Å². The molecule has 0 atom stereocenters. The lowest BCUT2D eigenvalue weighted by atomic mass is 9.96. The van der Waals surface area contributed by atoms with Crippen molar-refractivity contribution in [2.75, 3.05) is 0 Å². The molecule has 0 saturated carbocycles. The van der Waals surface area contributed by atoms with Gasteiger partial charge in [-0.1, -0.05) is 38.1 Å². The van der Waals surface area contributed by atoms with Crippen molar-refractivity contribution in [1.29, 1.82) is 0 Å². The van der Waals surface area contributed by atoms with Crippen LogP contribution in [0.3, 0.4) is 0 Å². The Morgan fingerprint density at radius 1 is 0.778 bits per heavy atom. The summed E-state index contributed by atoms with van der Waals surface area (Å²) in [6.07, 6.45) is 1.56. The molecule has 0 unspecified atom stereocenters. The number of carbonyl (C=O) groups excluding carboxylic acids is 2. The predicted molar refractivity (Wildman–Crippen MR) is 71.4 cm³/mol. The normalized spacial score (nSPS) is 13.7. The summed E-state index contributed by atoms with van der Waals surface area (Å²) in [7, 11) is 0. The Labute approximate surface area is 106 Å². The van der Waals surface area contributed by atoms with E-state index in [1.54, 1.807) is 0 Å². The van der Waals surface area contributed by atoms with E-state index in [4.69, 9.17) is 0 Å². The van der Waals surface area contributed by atoms with Gasteiger partial charge in [0.25, 0.3) is 0 Å². The molecule has 0 radical (unpaired) electrons. The Hall–Kier alpha value is -1.96. The molecule has 0 N–H and O–H groups in total. The van der Waals surface area contributed by atoms with Gasteiger partial charge in [0.2, 0.25) is 11.6 Å². The Kier molecular flexibility index (Phi) is 2.34. The highest BCUT2D eigenvalue weighted by Crippen LogP contribution is 2.35. The molecule has 3 rings (SSSR count). The summed E-state index contributed by atoms with van der Waals surface area (Å²) >= 11 is 0. The van der Waals surface area contributed by atoms with Crippen molar-refractivity contribution >= 4 is 22.3 Å². The molecule has 1 aliphatic rings. The average Bonchev–Trinajstić information content (AvgIpc) is 2.67. The first-order chi connectivity index (χ1) is 8.69. The van der Waals surface area contributed by atoms with E-state index in [1.165, 1.54) is 0 Å². The maximum atomic E-state index is 12.2. The largest absolute Gasteiger partial charge is 0.285 e. The van der Waals surface area contributed by atoms with Crippen molar-refractivity contribution < 1.29 is 9.59 Å². The van der Waals surface area contributed by atoms with Crippen LogP contribution in [0.2, 0.25) is 0 Å². The molecule has 90 valence electrons. The van der Waals surface area contributed by atoms with Crippen LogP contribution < -0.4 is 0 Å². The average molecular weight is 238 g/mol. The van der Waals surface area contributed by atoms with Crippen LogP contribution in [-0.4, -0.2) is 11.6 Å². The Morgan fingerprint density at radius 2 is 1.22 bits per heavy atom. The molecule has 0 amide bonds. The second-order valence-electron chi connectivity index (χ2n) is 4.66. The first-order valence-electron chi connectivity index (χ1n) is 6.35. The number of hydrogen-bond donors (Lipinski definition) is 0. The minimum Gasteiger partial charge on any atom is -0.285 e. The fraction of sp³-hybridized carbons (Fsp3) is 0.250. The molecule has 0 spiro atoms. The molecule has 0 fully saturated rings. The molecule has 0 aromatic heterocycles. The Balaban J connectivity index is 2.53. The van der Waals surface area contributed by atoms with E-state index in [2.05, 4.69) is 0 Å². The molecule has 2 nitrogen and oxygen atoms in total. The van der Waals surface area contributed by atoms with Gasteiger partial charge >= 0.3 is 0 Å². The van der Waals surface area contributed by atoms with Gasteiger partial charge < -0.3 is 0 Å². The van der Waals surface area contributed by atoms with Gasteiger partial charge in [-0.15, -0.1) is 0 Å². The van der Waals surface area contributed by atoms with Crippen LogP contribution in [0.1, 0.15) is 45.7 Å². The second-order valence-corrected chi connectivity index (χ2v) is 4.66. The van der Waals surface area contributed by atoms with Crippen molar-refractivity contribution in [3.05, 3.63) is 46.5 Å². The number of hydrogen-bond acceptors (Lipinski definition) is 2. The number of ketones is 2. The van der Waals surface area contributed by atoms with Crippen molar-refractivity contribution in [3.8, 4) is 0 Å². The van der Waals surface area contributed by atoms with E-state index < -0.39 is 0 Å². The Bertz CT molecular complexity index is 639. The summed E-state index contributed by atoms with van der Waals surface area (Å²) in [6.45, 7) is 4.02. The molecule has 2 aromatic carbocycles. The predicted octanol–water partition coefficient (Wildman–Crippen LogP) is 3.34. The smallest absolute Gasteiger partial charge is 0.234 e. The number of rotatable bonds is 2. The van der Waals surface area contributed by atoms with E-state index in [9.17, 15) is 9.59 Å². The zero-order valence-corrected chi connectivity index (χ0v) is 10.5. The summed E-state index contributed by atoms with van der Waals surface area (Å²) in [6, 6.07) is 7.94. The molecule has 2 aromatic rings. The van der Waals surface area contributed by atoms with Crippen molar-refractivity contribution in [2.45, 2.75) is 26.7 Å². The van der Waals surface area contributed by atoms with Gasteiger partial charge in [-0.05, 0) is 29.4 Å². The third kappa shape index (κ3) is 1.23. The first kappa shape index (κ1) is 11.1. The van der Waals surface area contributed by atoms with Gasteiger partial charge in [0, 0.05) is 16.5 Å². The van der Waals surface area contributed by atoms with Gasteiger partial charge in [0.05, 0.1) is 0 Å². The van der Waals surface area contributed by atoms with Crippen molar-refractivity contribution in [1.82, 2.24) is 0 Å². The molecule has 0 heterocycles. The first-order valence-corrected chi connectivity index (χ1v) is 6.35. The van der Waals surface area contributed by atoms with E-state index in [-0.39, 0.29) is 11.6 Å². The minimum absolute atomic E-state index is 0.326. The number of Topliss-reactive ketones (excluding diaryl/α,β-unsaturated/α-hetero) is 2. The van der Waals surface area contributed by atoms with Gasteiger partial charge in [-0.2, -0.15) is 0 Å². The van der Waals surface area contributed by atoms with Crippen LogP contribution in [0.15, 0.2) is 24.3 Å². The third-order valence-corrected chi connectivity index (χ3v) is 3.78. The molecular weight excluding hydrogens is 224 g/mol. The van der Waals surface area contributed by atoms with Gasteiger partial charge in [0.1, 0.15) is 0 Å². The zero-order chi connectivity index (χ0) is 12.9. The molecule has 18 heavy (non-hydrogen) atoms. The monoisotopic (exact) mass is 238 g/mol. The van der Waals surface area contributed by atoms with E-state index in [0.29, 0.717) is 11.1 Å². The molecular formula is C16H14O2. The lowest BCUT2D eigenvalue weighted by Crippen LogP contribution is -2.09. The highest BCUT2D eigenvalue weighted by Gasteiger charge is 2.34. The van der Waals surface area contributed by atoms with Crippen LogP contribution in [0.4, 0.5) is 0 Å². The quantitative estimate of drug-likeness (QED) is 0.752. The third-order valence-electron chi connectivity index (χ3n) is 3.78. The SMILES string of the molecule is CCc1ccc2ccc(CC)c3c2c1C(=O)C3=O. The van der Waals surface area contributed by atoms with Crippen LogP contribution in [0.5, 0.6) is 0 Å². The number of benzene rings is 2. The van der Waals surface area contributed by atoms with Crippen LogP contribution >= 0.6 is 0 Å². The van der Waals surface area contributed by atoms with Crippen LogP contribution in [0.25, 0.3) is 10.8 Å². The second kappa shape index (κ2) is 3.77. The van der Waals surface area contributed by atoms with Gasteiger partial charge in [-0.25, -0.2) is 0 Å². The number of aryl methyl sites for hydroxylation is 2. The molecule has 0 saturated heterocycles. The lowest BCUT2D eigenvalue weighted by molar-refractivity contribution is 0.0824. The molecule has 2 heteroatoms. The number of carbonyl (C=O) groups is 2. The van der Waals surface area contributed by atoms with Crippen LogP contribution in [0, 0.1) is 0 Å². The van der Waals surface area contributed by atoms with Gasteiger partial charge in [0.15, 0.2) is 0 Å². The summed E-state index contributed by atoms with van der Waals surface area (Å²) in [5, 5.41) is 1.87. The summed E-state index contributed by atoms with van der Waals surface area (Å²) in [5.41, 5.74) is 3.25. The highest BCUT2D eigenvalue weighted by atomic mass is 16.2. The Morgan fingerprint density at radius 3 is 1.61 bits per heavy atom. The maximum absolute atomic E-state index is 12.2. The highest BCUT2D eigenvalue weighted by molar-refractivity contribution is 6.57. The van der Waals surface area contributed by atoms with Crippen molar-refractivity contribution in [3.63, 3.8) is 0 Å². The van der Waals surface area contributed by atoms with Crippen LogP contribution in [-0.2, 0) is 12.8 Å². The lowest BCUT2D eigenvalue weighted by Gasteiger charge is -2.07. The molecule has 0 bridgehead atoms. The molecule has 0 aliphatic heterocycles.